The molecule has 0 heterocycles. The number of benzene rings is 2. The number of carbonyl (C=O) groups is 1. The highest BCUT2D eigenvalue weighted by molar-refractivity contribution is 7.89. The zero-order chi connectivity index (χ0) is 19.5. The maximum absolute atomic E-state index is 12.4. The normalized spacial score (nSPS) is 12.4. The summed E-state index contributed by atoms with van der Waals surface area (Å²) in [6.45, 7) is 1.32. The molecular formula is C15H13Cl2N3O5S. The molecule has 0 spiro atoms. The first-order chi connectivity index (χ1) is 12.1. The summed E-state index contributed by atoms with van der Waals surface area (Å²) in [4.78, 5) is 22.1. The molecule has 0 unspecified atom stereocenters. The maximum Gasteiger partial charge on any atom is 0.271 e. The van der Waals surface area contributed by atoms with Crippen LogP contribution >= 0.6 is 23.2 Å². The Morgan fingerprint density at radius 1 is 1.19 bits per heavy atom. The Balaban J connectivity index is 2.14. The first kappa shape index (κ1) is 20.1. The van der Waals surface area contributed by atoms with Gasteiger partial charge in [-0.1, -0.05) is 29.3 Å². The smallest absolute Gasteiger partial charge is 0.271 e. The third-order valence-electron chi connectivity index (χ3n) is 3.23. The molecule has 26 heavy (non-hydrogen) atoms. The lowest BCUT2D eigenvalue weighted by Gasteiger charge is -2.15. The summed E-state index contributed by atoms with van der Waals surface area (Å²) < 4.78 is 27.0. The Hall–Kier alpha value is -2.20. The minimum atomic E-state index is -4.11. The highest BCUT2D eigenvalue weighted by Crippen LogP contribution is 2.25. The minimum absolute atomic E-state index is 0.0480. The SMILES string of the molecule is C[C@H](NS(=O)(=O)c1cc(Cl)ccc1Cl)C(=O)Nc1cccc([N+](=O)[O-])c1. The van der Waals surface area contributed by atoms with Gasteiger partial charge in [0.05, 0.1) is 16.0 Å². The van der Waals surface area contributed by atoms with Crippen LogP contribution in [0.5, 0.6) is 0 Å². The lowest BCUT2D eigenvalue weighted by Crippen LogP contribution is -2.41. The number of sulfonamides is 1. The number of rotatable bonds is 6. The molecule has 1 amide bonds. The number of amides is 1. The van der Waals surface area contributed by atoms with E-state index in [9.17, 15) is 23.3 Å². The first-order valence-corrected chi connectivity index (χ1v) is 9.37. The van der Waals surface area contributed by atoms with E-state index in [-0.39, 0.29) is 26.3 Å². The Morgan fingerprint density at radius 2 is 1.88 bits per heavy atom. The Labute approximate surface area is 159 Å². The van der Waals surface area contributed by atoms with Crippen molar-refractivity contribution < 1.29 is 18.1 Å². The Bertz CT molecular complexity index is 966. The molecule has 11 heteroatoms. The van der Waals surface area contributed by atoms with Crippen LogP contribution in [0.1, 0.15) is 6.92 Å². The highest BCUT2D eigenvalue weighted by atomic mass is 35.5. The summed E-state index contributed by atoms with van der Waals surface area (Å²) in [6.07, 6.45) is 0. The van der Waals surface area contributed by atoms with E-state index in [4.69, 9.17) is 23.2 Å². The van der Waals surface area contributed by atoms with Crippen molar-refractivity contribution in [1.29, 1.82) is 0 Å². The van der Waals surface area contributed by atoms with Crippen LogP contribution in [0.25, 0.3) is 0 Å². The second-order valence-corrected chi connectivity index (χ2v) is 7.74. The van der Waals surface area contributed by atoms with Gasteiger partial charge < -0.3 is 5.32 Å². The Morgan fingerprint density at radius 3 is 2.54 bits per heavy atom. The van der Waals surface area contributed by atoms with E-state index in [0.29, 0.717) is 0 Å². The van der Waals surface area contributed by atoms with E-state index < -0.39 is 26.9 Å². The molecule has 2 N–H and O–H groups in total. The van der Waals surface area contributed by atoms with E-state index >= 15 is 0 Å². The van der Waals surface area contributed by atoms with Crippen LogP contribution in [0.15, 0.2) is 47.4 Å². The quantitative estimate of drug-likeness (QED) is 0.552. The molecule has 2 rings (SSSR count). The molecule has 0 aromatic heterocycles. The molecule has 0 radical (unpaired) electrons. The molecule has 0 aliphatic carbocycles. The number of nitro benzene ring substituents is 1. The maximum atomic E-state index is 12.4. The highest BCUT2D eigenvalue weighted by Gasteiger charge is 2.24. The van der Waals surface area contributed by atoms with E-state index in [1.807, 2.05) is 0 Å². The molecule has 0 fully saturated rings. The van der Waals surface area contributed by atoms with E-state index in [1.54, 1.807) is 0 Å². The fourth-order valence-electron chi connectivity index (χ4n) is 1.98. The molecule has 0 aliphatic rings. The van der Waals surface area contributed by atoms with Crippen molar-refractivity contribution in [2.45, 2.75) is 17.9 Å². The van der Waals surface area contributed by atoms with Crippen molar-refractivity contribution in [3.05, 3.63) is 62.6 Å². The molecule has 1 atom stereocenters. The molecule has 138 valence electrons. The molecule has 0 aliphatic heterocycles. The summed E-state index contributed by atoms with van der Waals surface area (Å²) in [5.41, 5.74) is -0.0437. The van der Waals surface area contributed by atoms with Crippen LogP contribution in [0.4, 0.5) is 11.4 Å². The number of nitrogens with zero attached hydrogens (tertiary/aromatic N) is 1. The number of nitrogens with one attached hydrogen (secondary N) is 2. The van der Waals surface area contributed by atoms with E-state index in [1.165, 1.54) is 37.3 Å². The predicted octanol–water partition coefficient (Wildman–Crippen LogP) is 3.21. The largest absolute Gasteiger partial charge is 0.324 e. The first-order valence-electron chi connectivity index (χ1n) is 7.13. The van der Waals surface area contributed by atoms with Gasteiger partial charge in [0.2, 0.25) is 15.9 Å². The van der Waals surface area contributed by atoms with Gasteiger partial charge in [0.1, 0.15) is 4.90 Å². The third kappa shape index (κ3) is 4.92. The van der Waals surface area contributed by atoms with Crippen LogP contribution in [0.3, 0.4) is 0 Å². The zero-order valence-corrected chi connectivity index (χ0v) is 15.6. The van der Waals surface area contributed by atoms with Crippen molar-refractivity contribution in [3.63, 3.8) is 0 Å². The van der Waals surface area contributed by atoms with Crippen molar-refractivity contribution in [1.82, 2.24) is 4.72 Å². The molecule has 2 aromatic carbocycles. The third-order valence-corrected chi connectivity index (χ3v) is 5.49. The zero-order valence-electron chi connectivity index (χ0n) is 13.3. The monoisotopic (exact) mass is 417 g/mol. The number of hydrogen-bond donors (Lipinski definition) is 2. The standard InChI is InChI=1S/C15H13Cl2N3O5S/c1-9(15(21)18-11-3-2-4-12(8-11)20(22)23)19-26(24,25)14-7-10(16)5-6-13(14)17/h2-9,19H,1H3,(H,18,21)/t9-/m0/s1. The lowest BCUT2D eigenvalue weighted by molar-refractivity contribution is -0.384. The fourth-order valence-corrected chi connectivity index (χ4v) is 3.95. The molecule has 0 saturated heterocycles. The van der Waals surface area contributed by atoms with Gasteiger partial charge >= 0.3 is 0 Å². The van der Waals surface area contributed by atoms with Gasteiger partial charge in [-0.05, 0) is 31.2 Å². The average molecular weight is 418 g/mol. The molecule has 0 bridgehead atoms. The average Bonchev–Trinajstić information content (AvgIpc) is 2.56. The van der Waals surface area contributed by atoms with Crippen LogP contribution < -0.4 is 10.0 Å². The molecular weight excluding hydrogens is 405 g/mol. The number of carbonyl (C=O) groups excluding carboxylic acids is 1. The van der Waals surface area contributed by atoms with Gasteiger partial charge in [-0.3, -0.25) is 14.9 Å². The second-order valence-electron chi connectivity index (χ2n) is 5.21. The number of nitro groups is 1. The van der Waals surface area contributed by atoms with E-state index in [2.05, 4.69) is 10.0 Å². The van der Waals surface area contributed by atoms with Crippen molar-refractivity contribution in [2.24, 2.45) is 0 Å². The van der Waals surface area contributed by atoms with Gasteiger partial charge in [0.25, 0.3) is 5.69 Å². The van der Waals surface area contributed by atoms with E-state index in [0.717, 1.165) is 12.1 Å². The Kier molecular flexibility index (Phi) is 6.19. The van der Waals surface area contributed by atoms with Crippen LogP contribution in [0.2, 0.25) is 10.0 Å². The number of halogens is 2. The number of hydrogen-bond acceptors (Lipinski definition) is 5. The topological polar surface area (TPSA) is 118 Å². The van der Waals surface area contributed by atoms with Crippen LogP contribution in [0, 0.1) is 10.1 Å². The number of anilines is 1. The summed E-state index contributed by atoms with van der Waals surface area (Å²) >= 11 is 11.7. The minimum Gasteiger partial charge on any atom is -0.324 e. The predicted molar refractivity (Wildman–Crippen MR) is 98.0 cm³/mol. The number of non-ortho nitro benzene ring substituents is 1. The van der Waals surface area contributed by atoms with Gasteiger partial charge in [-0.2, -0.15) is 4.72 Å². The summed E-state index contributed by atoms with van der Waals surface area (Å²) in [7, 11) is -4.11. The van der Waals surface area contributed by atoms with Crippen molar-refractivity contribution in [3.8, 4) is 0 Å². The van der Waals surface area contributed by atoms with Gasteiger partial charge in [-0.15, -0.1) is 0 Å². The summed E-state index contributed by atoms with van der Waals surface area (Å²) in [5, 5.41) is 13.3. The summed E-state index contributed by atoms with van der Waals surface area (Å²) in [6, 6.07) is 8.02. The molecule has 0 saturated carbocycles. The van der Waals surface area contributed by atoms with Crippen molar-refractivity contribution >= 4 is 50.5 Å². The van der Waals surface area contributed by atoms with Crippen LogP contribution in [-0.4, -0.2) is 25.3 Å². The molecule has 2 aromatic rings. The molecule has 8 nitrogen and oxygen atoms in total. The van der Waals surface area contributed by atoms with Crippen molar-refractivity contribution in [2.75, 3.05) is 5.32 Å². The van der Waals surface area contributed by atoms with Gasteiger partial charge in [-0.25, -0.2) is 8.42 Å². The fraction of sp³-hybridized carbons (Fsp3) is 0.133. The van der Waals surface area contributed by atoms with Gasteiger partial charge in [0.15, 0.2) is 0 Å². The summed E-state index contributed by atoms with van der Waals surface area (Å²) in [5.74, 6) is -0.702. The van der Waals surface area contributed by atoms with Gasteiger partial charge in [0, 0.05) is 22.8 Å². The lowest BCUT2D eigenvalue weighted by atomic mass is 10.2. The second kappa shape index (κ2) is 8.00. The van der Waals surface area contributed by atoms with Crippen LogP contribution in [-0.2, 0) is 14.8 Å².